The minimum atomic E-state index is -4.69. The molecule has 1 aromatic carbocycles. The fourth-order valence-corrected chi connectivity index (χ4v) is 2.39. The van der Waals surface area contributed by atoms with E-state index in [1.54, 1.807) is 0 Å². The van der Waals surface area contributed by atoms with E-state index in [-0.39, 0.29) is 13.2 Å². The van der Waals surface area contributed by atoms with Crippen LogP contribution in [0.5, 0.6) is 0 Å². The van der Waals surface area contributed by atoms with Crippen molar-refractivity contribution in [3.05, 3.63) is 35.4 Å². The van der Waals surface area contributed by atoms with E-state index in [4.69, 9.17) is 9.47 Å². The van der Waals surface area contributed by atoms with E-state index in [0.717, 1.165) is 25.1 Å². The molecule has 0 saturated carbocycles. The molecule has 1 rings (SSSR count). The zero-order valence-electron chi connectivity index (χ0n) is 15.5. The van der Waals surface area contributed by atoms with Crippen LogP contribution in [0.15, 0.2) is 24.3 Å². The van der Waals surface area contributed by atoms with Gasteiger partial charge in [0.25, 0.3) is 0 Å². The smallest absolute Gasteiger partial charge is 0.416 e. The van der Waals surface area contributed by atoms with Gasteiger partial charge >= 0.3 is 18.1 Å². The number of ether oxygens (including phenoxy) is 2. The minimum absolute atomic E-state index is 0.169. The van der Waals surface area contributed by atoms with Gasteiger partial charge in [0.1, 0.15) is 0 Å². The number of ketones is 1. The van der Waals surface area contributed by atoms with Crippen molar-refractivity contribution in [1.29, 1.82) is 0 Å². The van der Waals surface area contributed by atoms with Gasteiger partial charge in [0, 0.05) is 12.5 Å². The molecule has 0 radical (unpaired) electrons. The number of amides is 1. The highest BCUT2D eigenvalue weighted by Crippen LogP contribution is 2.30. The number of hydrogen-bond acceptors (Lipinski definition) is 6. The molecule has 0 heterocycles. The molecule has 0 bridgehead atoms. The number of halogens is 3. The molecule has 0 aromatic heterocycles. The lowest BCUT2D eigenvalue weighted by Gasteiger charge is -2.29. The highest BCUT2D eigenvalue weighted by atomic mass is 19.4. The SMILES string of the molecule is CCOC(=O)C(CC(=O)c1cccc(C(F)(F)F)c1)(NC(C)=O)C(=O)OCC. The van der Waals surface area contributed by atoms with Gasteiger partial charge in [-0.05, 0) is 26.0 Å². The lowest BCUT2D eigenvalue weighted by atomic mass is 9.89. The van der Waals surface area contributed by atoms with Crippen LogP contribution in [0.25, 0.3) is 0 Å². The molecule has 0 unspecified atom stereocenters. The van der Waals surface area contributed by atoms with Gasteiger partial charge in [0.15, 0.2) is 5.78 Å². The number of rotatable bonds is 8. The highest BCUT2D eigenvalue weighted by molar-refractivity contribution is 6.13. The fraction of sp³-hybridized carbons (Fsp3) is 0.444. The molecule has 1 aromatic rings. The molecule has 0 spiro atoms. The van der Waals surface area contributed by atoms with Crippen LogP contribution in [0.4, 0.5) is 13.2 Å². The first-order valence-electron chi connectivity index (χ1n) is 8.31. The summed E-state index contributed by atoms with van der Waals surface area (Å²) in [5, 5.41) is 2.08. The van der Waals surface area contributed by atoms with Gasteiger partial charge in [0.2, 0.25) is 11.4 Å². The summed E-state index contributed by atoms with van der Waals surface area (Å²) in [4.78, 5) is 49.1. The summed E-state index contributed by atoms with van der Waals surface area (Å²) in [6, 6.07) is 3.49. The second-order valence-electron chi connectivity index (χ2n) is 5.71. The maximum absolute atomic E-state index is 12.9. The molecule has 7 nitrogen and oxygen atoms in total. The number of nitrogens with one attached hydrogen (secondary N) is 1. The van der Waals surface area contributed by atoms with E-state index >= 15 is 0 Å². The summed E-state index contributed by atoms with van der Waals surface area (Å²) in [5.74, 6) is -4.31. The van der Waals surface area contributed by atoms with Gasteiger partial charge in [-0.1, -0.05) is 12.1 Å². The zero-order valence-corrected chi connectivity index (χ0v) is 15.5. The van der Waals surface area contributed by atoms with Gasteiger partial charge < -0.3 is 14.8 Å². The maximum atomic E-state index is 12.9. The van der Waals surface area contributed by atoms with Gasteiger partial charge in [-0.25, -0.2) is 9.59 Å². The van der Waals surface area contributed by atoms with Crippen LogP contribution in [-0.4, -0.2) is 42.4 Å². The number of esters is 2. The molecule has 0 aliphatic heterocycles. The van der Waals surface area contributed by atoms with Gasteiger partial charge in [0.05, 0.1) is 25.2 Å². The summed E-state index contributed by atoms with van der Waals surface area (Å²) in [6.07, 6.45) is -5.65. The Morgan fingerprint density at radius 1 is 1.00 bits per heavy atom. The summed E-state index contributed by atoms with van der Waals surface area (Å²) >= 11 is 0. The van der Waals surface area contributed by atoms with Crippen molar-refractivity contribution < 1.29 is 41.8 Å². The zero-order chi connectivity index (χ0) is 21.5. The Morgan fingerprint density at radius 3 is 1.96 bits per heavy atom. The van der Waals surface area contributed by atoms with Crippen LogP contribution >= 0.6 is 0 Å². The second-order valence-corrected chi connectivity index (χ2v) is 5.71. The lowest BCUT2D eigenvalue weighted by Crippen LogP contribution is -2.62. The normalized spacial score (nSPS) is 11.5. The van der Waals surface area contributed by atoms with Crippen LogP contribution in [0.3, 0.4) is 0 Å². The number of carbonyl (C=O) groups is 4. The standard InChI is InChI=1S/C18H20F3NO6/c1-4-27-15(25)17(22-11(3)23,16(26)28-5-2)10-14(24)12-7-6-8-13(9-12)18(19,20)21/h6-9H,4-5,10H2,1-3H3,(H,22,23). The average molecular weight is 403 g/mol. The first kappa shape index (κ1) is 23.1. The van der Waals surface area contributed by atoms with Crippen LogP contribution in [0.1, 0.15) is 43.1 Å². The highest BCUT2D eigenvalue weighted by Gasteiger charge is 2.51. The molecule has 0 aliphatic rings. The van der Waals surface area contributed by atoms with E-state index in [9.17, 15) is 32.3 Å². The van der Waals surface area contributed by atoms with E-state index < -0.39 is 52.9 Å². The Labute approximate surface area is 159 Å². The van der Waals surface area contributed by atoms with Crippen LogP contribution in [-0.2, 0) is 30.0 Å². The average Bonchev–Trinajstić information content (AvgIpc) is 2.60. The second kappa shape index (κ2) is 9.34. The Balaban J connectivity index is 3.38. The van der Waals surface area contributed by atoms with Crippen LogP contribution < -0.4 is 5.32 Å². The Morgan fingerprint density at radius 2 is 1.54 bits per heavy atom. The molecule has 1 amide bonds. The quantitative estimate of drug-likeness (QED) is 0.406. The number of hydrogen-bond donors (Lipinski definition) is 1. The van der Waals surface area contributed by atoms with Gasteiger partial charge in [-0.15, -0.1) is 0 Å². The van der Waals surface area contributed by atoms with Gasteiger partial charge in [-0.2, -0.15) is 13.2 Å². The third-order valence-electron chi connectivity index (χ3n) is 3.57. The van der Waals surface area contributed by atoms with E-state index in [2.05, 4.69) is 5.32 Å². The van der Waals surface area contributed by atoms with Crippen molar-refractivity contribution in [2.45, 2.75) is 38.9 Å². The van der Waals surface area contributed by atoms with E-state index in [1.165, 1.54) is 13.8 Å². The van der Waals surface area contributed by atoms with Crippen molar-refractivity contribution >= 4 is 23.6 Å². The molecular weight excluding hydrogens is 383 g/mol. The molecular formula is C18H20F3NO6. The number of alkyl halides is 3. The predicted octanol–water partition coefficient (Wildman–Crippen LogP) is 2.28. The number of Topliss-reactive ketones (excluding diaryl/α,β-unsaturated/α-hetero) is 1. The molecule has 0 atom stereocenters. The predicted molar refractivity (Wildman–Crippen MR) is 90.2 cm³/mol. The van der Waals surface area contributed by atoms with Crippen LogP contribution in [0.2, 0.25) is 0 Å². The summed E-state index contributed by atoms with van der Waals surface area (Å²) in [6.45, 7) is 3.54. The van der Waals surface area contributed by atoms with Crippen molar-refractivity contribution in [2.24, 2.45) is 0 Å². The summed E-state index contributed by atoms with van der Waals surface area (Å²) in [7, 11) is 0. The first-order valence-corrected chi connectivity index (χ1v) is 8.31. The van der Waals surface area contributed by atoms with Crippen LogP contribution in [0, 0.1) is 0 Å². The lowest BCUT2D eigenvalue weighted by molar-refractivity contribution is -0.167. The van der Waals surface area contributed by atoms with E-state index in [1.807, 2.05) is 0 Å². The molecule has 0 saturated heterocycles. The summed E-state index contributed by atoms with van der Waals surface area (Å²) < 4.78 is 48.3. The Kier molecular flexibility index (Phi) is 7.71. The topological polar surface area (TPSA) is 98.8 Å². The monoisotopic (exact) mass is 403 g/mol. The van der Waals surface area contributed by atoms with Crippen molar-refractivity contribution in [2.75, 3.05) is 13.2 Å². The molecule has 0 fully saturated rings. The Hall–Kier alpha value is -2.91. The van der Waals surface area contributed by atoms with Crippen molar-refractivity contribution in [3.8, 4) is 0 Å². The number of carbonyl (C=O) groups excluding carboxylic acids is 4. The first-order chi connectivity index (χ1) is 13.0. The number of benzene rings is 1. The Bertz CT molecular complexity index is 742. The molecule has 10 heteroatoms. The third kappa shape index (κ3) is 5.54. The molecule has 1 N–H and O–H groups in total. The maximum Gasteiger partial charge on any atom is 0.416 e. The van der Waals surface area contributed by atoms with E-state index in [0.29, 0.717) is 6.07 Å². The largest absolute Gasteiger partial charge is 0.464 e. The fourth-order valence-electron chi connectivity index (χ4n) is 2.39. The summed E-state index contributed by atoms with van der Waals surface area (Å²) in [5.41, 5.74) is -3.97. The molecule has 0 aliphatic carbocycles. The third-order valence-corrected chi connectivity index (χ3v) is 3.57. The molecule has 28 heavy (non-hydrogen) atoms. The van der Waals surface area contributed by atoms with Crippen molar-refractivity contribution in [1.82, 2.24) is 5.32 Å². The minimum Gasteiger partial charge on any atom is -0.464 e. The van der Waals surface area contributed by atoms with Gasteiger partial charge in [-0.3, -0.25) is 9.59 Å². The molecule has 154 valence electrons. The van der Waals surface area contributed by atoms with Crippen molar-refractivity contribution in [3.63, 3.8) is 0 Å².